The molecular weight excluding hydrogens is 428 g/mol. The first-order valence-electron chi connectivity index (χ1n) is 14.5. The average molecular weight is 485 g/mol. The summed E-state index contributed by atoms with van der Waals surface area (Å²) in [7, 11) is 0. The second-order valence-corrected chi connectivity index (χ2v) is 10.2. The van der Waals surface area contributed by atoms with Crippen LogP contribution in [0.2, 0.25) is 0 Å². The van der Waals surface area contributed by atoms with Crippen LogP contribution in [-0.2, 0) is 9.59 Å². The van der Waals surface area contributed by atoms with E-state index in [2.05, 4.69) is 13.8 Å². The van der Waals surface area contributed by atoms with Crippen LogP contribution in [0, 0.1) is 0 Å². The van der Waals surface area contributed by atoms with E-state index in [0.717, 1.165) is 38.5 Å². The van der Waals surface area contributed by atoms with E-state index >= 15 is 0 Å². The zero-order chi connectivity index (χ0) is 25.5. The van der Waals surface area contributed by atoms with Gasteiger partial charge in [-0.1, -0.05) is 129 Å². The number of hydrogen-bond donors (Lipinski definition) is 3. The predicted molar refractivity (Wildman–Crippen MR) is 141 cm³/mol. The summed E-state index contributed by atoms with van der Waals surface area (Å²) in [4.78, 5) is 24.8. The fourth-order valence-electron chi connectivity index (χ4n) is 4.51. The first-order chi connectivity index (χ1) is 16.4. The number of carbonyl (C=O) groups is 2. The van der Waals surface area contributed by atoms with Gasteiger partial charge < -0.3 is 15.3 Å². The van der Waals surface area contributed by atoms with Gasteiger partial charge in [-0.3, -0.25) is 9.59 Å². The van der Waals surface area contributed by atoms with Crippen LogP contribution in [0.15, 0.2) is 0 Å². The van der Waals surface area contributed by atoms with Gasteiger partial charge in [-0.25, -0.2) is 0 Å². The molecule has 3 N–H and O–H groups in total. The van der Waals surface area contributed by atoms with Gasteiger partial charge in [0.15, 0.2) is 23.3 Å². The van der Waals surface area contributed by atoms with Gasteiger partial charge in [0, 0.05) is 12.8 Å². The Morgan fingerprint density at radius 2 is 0.912 bits per heavy atom. The molecule has 34 heavy (non-hydrogen) atoms. The number of ketones is 2. The minimum Gasteiger partial charge on any atom is -0.393 e. The smallest absolute Gasteiger partial charge is 0.178 e. The summed E-state index contributed by atoms with van der Waals surface area (Å²) in [5, 5.41) is 30.4. The number of carbonyl (C=O) groups excluding carboxylic acids is 2. The normalized spacial score (nSPS) is 14.1. The number of aliphatic hydroxyl groups is 3. The zero-order valence-electron chi connectivity index (χ0n) is 22.5. The number of hydrogen-bond acceptors (Lipinski definition) is 5. The summed E-state index contributed by atoms with van der Waals surface area (Å²) in [6, 6.07) is 0. The molecule has 2 atom stereocenters. The van der Waals surface area contributed by atoms with Gasteiger partial charge in [-0.05, 0) is 12.8 Å². The standard InChI is InChI=1S/C29H56O5/c1-3-5-7-9-11-12-13-14-15-16-18-19-21-23-26(31)28(33)29(34,25-30)27(32)24-22-20-17-10-8-6-4-2/h28,30,33-34H,3-25H2,1-2H3. The highest BCUT2D eigenvalue weighted by molar-refractivity contribution is 5.96. The molecule has 0 saturated heterocycles. The zero-order valence-corrected chi connectivity index (χ0v) is 22.5. The Balaban J connectivity index is 3.93. The van der Waals surface area contributed by atoms with Crippen LogP contribution in [0.1, 0.15) is 155 Å². The Labute approximate surface area is 210 Å². The molecule has 0 fully saturated rings. The predicted octanol–water partition coefficient (Wildman–Crippen LogP) is 6.83. The van der Waals surface area contributed by atoms with Crippen molar-refractivity contribution in [3.05, 3.63) is 0 Å². The molecule has 0 aromatic rings. The molecule has 0 spiro atoms. The molecule has 0 aliphatic heterocycles. The third-order valence-corrected chi connectivity index (χ3v) is 7.02. The van der Waals surface area contributed by atoms with Crippen molar-refractivity contribution in [3.8, 4) is 0 Å². The lowest BCUT2D eigenvalue weighted by Gasteiger charge is -2.29. The van der Waals surface area contributed by atoms with Crippen LogP contribution in [-0.4, -0.2) is 45.2 Å². The Morgan fingerprint density at radius 1 is 0.588 bits per heavy atom. The molecule has 0 aromatic heterocycles. The van der Waals surface area contributed by atoms with Gasteiger partial charge >= 0.3 is 0 Å². The van der Waals surface area contributed by atoms with Crippen LogP contribution >= 0.6 is 0 Å². The van der Waals surface area contributed by atoms with Gasteiger partial charge in [-0.15, -0.1) is 0 Å². The number of rotatable bonds is 26. The molecule has 0 heterocycles. The minimum absolute atomic E-state index is 0.0773. The van der Waals surface area contributed by atoms with E-state index in [0.29, 0.717) is 12.8 Å². The first-order valence-corrected chi connectivity index (χ1v) is 14.5. The molecule has 0 rings (SSSR count). The highest BCUT2D eigenvalue weighted by Crippen LogP contribution is 2.20. The number of unbranched alkanes of at least 4 members (excludes halogenated alkanes) is 18. The average Bonchev–Trinajstić information content (AvgIpc) is 2.84. The highest BCUT2D eigenvalue weighted by Gasteiger charge is 2.45. The number of Topliss-reactive ketones (excluding diaryl/α,β-unsaturated/α-hetero) is 2. The van der Waals surface area contributed by atoms with Crippen molar-refractivity contribution in [2.24, 2.45) is 0 Å². The molecule has 0 bridgehead atoms. The fourth-order valence-corrected chi connectivity index (χ4v) is 4.51. The van der Waals surface area contributed by atoms with E-state index in [4.69, 9.17) is 0 Å². The van der Waals surface area contributed by atoms with Gasteiger partial charge in [0.05, 0.1) is 6.61 Å². The van der Waals surface area contributed by atoms with Crippen molar-refractivity contribution in [2.75, 3.05) is 6.61 Å². The van der Waals surface area contributed by atoms with Gasteiger partial charge in [0.2, 0.25) is 0 Å². The molecule has 0 radical (unpaired) electrons. The monoisotopic (exact) mass is 484 g/mol. The second-order valence-electron chi connectivity index (χ2n) is 10.2. The summed E-state index contributed by atoms with van der Waals surface area (Å²) in [6.45, 7) is 3.49. The van der Waals surface area contributed by atoms with Crippen LogP contribution in [0.5, 0.6) is 0 Å². The minimum atomic E-state index is -2.37. The molecule has 5 nitrogen and oxygen atoms in total. The van der Waals surface area contributed by atoms with Crippen LogP contribution in [0.3, 0.4) is 0 Å². The molecule has 0 saturated carbocycles. The van der Waals surface area contributed by atoms with Crippen molar-refractivity contribution in [1.29, 1.82) is 0 Å². The van der Waals surface area contributed by atoms with E-state index < -0.39 is 29.9 Å². The van der Waals surface area contributed by atoms with E-state index in [-0.39, 0.29) is 12.8 Å². The summed E-state index contributed by atoms with van der Waals surface area (Å²) in [6.07, 6.45) is 21.2. The van der Waals surface area contributed by atoms with E-state index in [1.165, 1.54) is 77.0 Å². The molecule has 0 aromatic carbocycles. The first kappa shape index (κ1) is 33.2. The SMILES string of the molecule is CCCCCCCCCCCCCCCC(=O)C(O)C(O)(CO)C(=O)CCCCCCCCC. The van der Waals surface area contributed by atoms with E-state index in [1.54, 1.807) is 0 Å². The Morgan fingerprint density at radius 3 is 1.26 bits per heavy atom. The molecular formula is C29H56O5. The lowest BCUT2D eigenvalue weighted by Crippen LogP contribution is -2.55. The Hall–Kier alpha value is -0.780. The Kier molecular flexibility index (Phi) is 22.1. The van der Waals surface area contributed by atoms with Crippen LogP contribution in [0.25, 0.3) is 0 Å². The van der Waals surface area contributed by atoms with Gasteiger partial charge in [0.25, 0.3) is 0 Å². The summed E-state index contributed by atoms with van der Waals surface area (Å²) >= 11 is 0. The largest absolute Gasteiger partial charge is 0.393 e. The molecule has 0 amide bonds. The molecule has 202 valence electrons. The van der Waals surface area contributed by atoms with Crippen molar-refractivity contribution < 1.29 is 24.9 Å². The summed E-state index contributed by atoms with van der Waals surface area (Å²) in [5.41, 5.74) is -2.37. The third-order valence-electron chi connectivity index (χ3n) is 7.02. The fraction of sp³-hybridized carbons (Fsp3) is 0.931. The second kappa shape index (κ2) is 22.7. The van der Waals surface area contributed by atoms with Crippen LogP contribution in [0.4, 0.5) is 0 Å². The molecule has 0 aliphatic carbocycles. The lowest BCUT2D eigenvalue weighted by atomic mass is 9.85. The maximum Gasteiger partial charge on any atom is 0.178 e. The highest BCUT2D eigenvalue weighted by atomic mass is 16.4. The third kappa shape index (κ3) is 16.0. The van der Waals surface area contributed by atoms with Crippen molar-refractivity contribution in [2.45, 2.75) is 167 Å². The van der Waals surface area contributed by atoms with Gasteiger partial charge in [-0.2, -0.15) is 0 Å². The molecule has 5 heteroatoms. The number of aliphatic hydroxyl groups excluding tert-OH is 2. The van der Waals surface area contributed by atoms with Crippen LogP contribution < -0.4 is 0 Å². The maximum absolute atomic E-state index is 12.4. The molecule has 0 aliphatic rings. The van der Waals surface area contributed by atoms with E-state index in [1.807, 2.05) is 0 Å². The summed E-state index contributed by atoms with van der Waals surface area (Å²) in [5.74, 6) is -1.18. The molecule has 2 unspecified atom stereocenters. The van der Waals surface area contributed by atoms with Gasteiger partial charge in [0.1, 0.15) is 0 Å². The summed E-state index contributed by atoms with van der Waals surface area (Å²) < 4.78 is 0. The maximum atomic E-state index is 12.4. The topological polar surface area (TPSA) is 94.8 Å². The lowest BCUT2D eigenvalue weighted by molar-refractivity contribution is -0.165. The van der Waals surface area contributed by atoms with Crippen molar-refractivity contribution in [3.63, 3.8) is 0 Å². The van der Waals surface area contributed by atoms with Crippen molar-refractivity contribution >= 4 is 11.6 Å². The van der Waals surface area contributed by atoms with E-state index in [9.17, 15) is 24.9 Å². The quantitative estimate of drug-likeness (QED) is 0.117. The Bertz CT molecular complexity index is 493. The van der Waals surface area contributed by atoms with Crippen molar-refractivity contribution in [1.82, 2.24) is 0 Å².